The molecule has 0 aromatic rings. The molecule has 2 saturated heterocycles. The SMILES string of the molecule is CC1CC(C)N(C(=O)C2COC2)C1. The zero-order valence-corrected chi connectivity index (χ0v) is 8.32. The first-order chi connectivity index (χ1) is 6.18. The van der Waals surface area contributed by atoms with Crippen LogP contribution in [0.25, 0.3) is 0 Å². The van der Waals surface area contributed by atoms with Crippen molar-refractivity contribution in [3.63, 3.8) is 0 Å². The van der Waals surface area contributed by atoms with Crippen LogP contribution >= 0.6 is 0 Å². The van der Waals surface area contributed by atoms with Gasteiger partial charge in [0, 0.05) is 12.6 Å². The third kappa shape index (κ3) is 1.57. The highest BCUT2D eigenvalue weighted by Crippen LogP contribution is 2.25. The molecule has 0 saturated carbocycles. The molecular formula is C10H17NO2. The summed E-state index contributed by atoms with van der Waals surface area (Å²) >= 11 is 0. The molecule has 0 bridgehead atoms. The molecule has 2 fully saturated rings. The summed E-state index contributed by atoms with van der Waals surface area (Å²) in [6, 6.07) is 0.433. The van der Waals surface area contributed by atoms with Crippen LogP contribution in [0.15, 0.2) is 0 Å². The molecule has 2 heterocycles. The molecule has 0 radical (unpaired) electrons. The number of amides is 1. The van der Waals surface area contributed by atoms with Gasteiger partial charge in [-0.2, -0.15) is 0 Å². The van der Waals surface area contributed by atoms with Crippen molar-refractivity contribution in [2.24, 2.45) is 11.8 Å². The van der Waals surface area contributed by atoms with E-state index in [-0.39, 0.29) is 5.92 Å². The Bertz CT molecular complexity index is 213. The summed E-state index contributed by atoms with van der Waals surface area (Å²) in [5.74, 6) is 1.13. The maximum atomic E-state index is 11.8. The number of rotatable bonds is 1. The summed E-state index contributed by atoms with van der Waals surface area (Å²) in [6.45, 7) is 6.56. The molecule has 13 heavy (non-hydrogen) atoms. The smallest absolute Gasteiger partial charge is 0.230 e. The molecule has 0 aliphatic carbocycles. The molecule has 2 aliphatic rings. The van der Waals surface area contributed by atoms with Gasteiger partial charge in [0.1, 0.15) is 0 Å². The van der Waals surface area contributed by atoms with Crippen LogP contribution < -0.4 is 0 Å². The number of hydrogen-bond donors (Lipinski definition) is 0. The number of nitrogens with zero attached hydrogens (tertiary/aromatic N) is 1. The molecule has 0 spiro atoms. The largest absolute Gasteiger partial charge is 0.380 e. The monoisotopic (exact) mass is 183 g/mol. The van der Waals surface area contributed by atoms with E-state index in [1.54, 1.807) is 0 Å². The Labute approximate surface area is 79.0 Å². The maximum absolute atomic E-state index is 11.8. The summed E-state index contributed by atoms with van der Waals surface area (Å²) < 4.78 is 5.03. The predicted octanol–water partition coefficient (Wildman–Crippen LogP) is 0.890. The van der Waals surface area contributed by atoms with E-state index < -0.39 is 0 Å². The Hall–Kier alpha value is -0.570. The van der Waals surface area contributed by atoms with E-state index >= 15 is 0 Å². The van der Waals surface area contributed by atoms with Crippen LogP contribution in [-0.4, -0.2) is 36.6 Å². The number of carbonyl (C=O) groups excluding carboxylic acids is 1. The summed E-state index contributed by atoms with van der Waals surface area (Å²) in [7, 11) is 0. The van der Waals surface area contributed by atoms with Gasteiger partial charge in [-0.3, -0.25) is 4.79 Å². The van der Waals surface area contributed by atoms with Gasteiger partial charge in [0.2, 0.25) is 5.91 Å². The van der Waals surface area contributed by atoms with E-state index in [1.807, 2.05) is 4.90 Å². The van der Waals surface area contributed by atoms with E-state index in [0.717, 1.165) is 13.0 Å². The Morgan fingerprint density at radius 3 is 2.46 bits per heavy atom. The topological polar surface area (TPSA) is 29.5 Å². The van der Waals surface area contributed by atoms with Crippen LogP contribution in [0.4, 0.5) is 0 Å². The van der Waals surface area contributed by atoms with Gasteiger partial charge in [-0.25, -0.2) is 0 Å². The highest BCUT2D eigenvalue weighted by atomic mass is 16.5. The molecule has 0 aromatic heterocycles. The molecule has 3 nitrogen and oxygen atoms in total. The highest BCUT2D eigenvalue weighted by molar-refractivity contribution is 5.80. The molecule has 0 N–H and O–H groups in total. The lowest BCUT2D eigenvalue weighted by atomic mass is 10.1. The van der Waals surface area contributed by atoms with Gasteiger partial charge in [0.25, 0.3) is 0 Å². The number of likely N-dealkylation sites (tertiary alicyclic amines) is 1. The Balaban J connectivity index is 1.95. The standard InChI is InChI=1S/C10H17NO2/c1-7-3-8(2)11(4-7)10(12)9-5-13-6-9/h7-9H,3-6H2,1-2H3. The fraction of sp³-hybridized carbons (Fsp3) is 0.900. The lowest BCUT2D eigenvalue weighted by molar-refractivity contribution is -0.150. The molecule has 3 heteroatoms. The van der Waals surface area contributed by atoms with Crippen molar-refractivity contribution < 1.29 is 9.53 Å². The van der Waals surface area contributed by atoms with E-state index in [2.05, 4.69) is 13.8 Å². The molecule has 0 aromatic carbocycles. The van der Waals surface area contributed by atoms with Gasteiger partial charge in [0.15, 0.2) is 0 Å². The van der Waals surface area contributed by atoms with Crippen LogP contribution in [0.2, 0.25) is 0 Å². The minimum atomic E-state index is 0.160. The van der Waals surface area contributed by atoms with Crippen LogP contribution in [0.3, 0.4) is 0 Å². The zero-order chi connectivity index (χ0) is 9.42. The van der Waals surface area contributed by atoms with Crippen molar-refractivity contribution >= 4 is 5.91 Å². The molecule has 2 atom stereocenters. The van der Waals surface area contributed by atoms with Crippen molar-refractivity contribution in [3.8, 4) is 0 Å². The van der Waals surface area contributed by atoms with Gasteiger partial charge in [0.05, 0.1) is 19.1 Å². The average molecular weight is 183 g/mol. The molecule has 2 rings (SSSR count). The normalized spacial score (nSPS) is 34.8. The van der Waals surface area contributed by atoms with Gasteiger partial charge in [-0.15, -0.1) is 0 Å². The number of ether oxygens (including phenoxy) is 1. The number of hydrogen-bond acceptors (Lipinski definition) is 2. The van der Waals surface area contributed by atoms with Crippen molar-refractivity contribution in [1.82, 2.24) is 4.90 Å². The predicted molar refractivity (Wildman–Crippen MR) is 49.3 cm³/mol. The van der Waals surface area contributed by atoms with Gasteiger partial charge in [-0.1, -0.05) is 6.92 Å². The molecule has 74 valence electrons. The summed E-state index contributed by atoms with van der Waals surface area (Å²) in [5.41, 5.74) is 0. The van der Waals surface area contributed by atoms with E-state index in [0.29, 0.717) is 31.1 Å². The first-order valence-electron chi connectivity index (χ1n) is 5.06. The highest BCUT2D eigenvalue weighted by Gasteiger charge is 2.36. The second-order valence-electron chi connectivity index (χ2n) is 4.41. The lowest BCUT2D eigenvalue weighted by Gasteiger charge is -2.31. The van der Waals surface area contributed by atoms with Crippen LogP contribution in [-0.2, 0) is 9.53 Å². The molecule has 2 aliphatic heterocycles. The van der Waals surface area contributed by atoms with Crippen LogP contribution in [0.1, 0.15) is 20.3 Å². The van der Waals surface area contributed by atoms with Gasteiger partial charge < -0.3 is 9.64 Å². The van der Waals surface area contributed by atoms with Gasteiger partial charge >= 0.3 is 0 Å². The first-order valence-corrected chi connectivity index (χ1v) is 5.06. The fourth-order valence-corrected chi connectivity index (χ4v) is 2.22. The quantitative estimate of drug-likeness (QED) is 0.604. The first kappa shape index (κ1) is 9.00. The fourth-order valence-electron chi connectivity index (χ4n) is 2.22. The van der Waals surface area contributed by atoms with Crippen LogP contribution in [0.5, 0.6) is 0 Å². The third-order valence-corrected chi connectivity index (χ3v) is 3.05. The number of carbonyl (C=O) groups is 1. The zero-order valence-electron chi connectivity index (χ0n) is 8.32. The summed E-state index contributed by atoms with van der Waals surface area (Å²) in [4.78, 5) is 13.9. The Morgan fingerprint density at radius 2 is 2.08 bits per heavy atom. The van der Waals surface area contributed by atoms with E-state index in [1.165, 1.54) is 0 Å². The second-order valence-corrected chi connectivity index (χ2v) is 4.41. The van der Waals surface area contributed by atoms with E-state index in [4.69, 9.17) is 4.74 Å². The Kier molecular flexibility index (Phi) is 2.28. The maximum Gasteiger partial charge on any atom is 0.230 e. The molecular weight excluding hydrogens is 166 g/mol. The second kappa shape index (κ2) is 3.29. The lowest BCUT2D eigenvalue weighted by Crippen LogP contribution is -2.46. The van der Waals surface area contributed by atoms with Crippen LogP contribution in [0, 0.1) is 11.8 Å². The van der Waals surface area contributed by atoms with Gasteiger partial charge in [-0.05, 0) is 19.3 Å². The van der Waals surface area contributed by atoms with Crippen molar-refractivity contribution in [2.75, 3.05) is 19.8 Å². The van der Waals surface area contributed by atoms with Crippen molar-refractivity contribution in [3.05, 3.63) is 0 Å². The summed E-state index contributed by atoms with van der Waals surface area (Å²) in [6.07, 6.45) is 1.15. The van der Waals surface area contributed by atoms with Crippen molar-refractivity contribution in [1.29, 1.82) is 0 Å². The minimum absolute atomic E-state index is 0.160. The molecule has 1 amide bonds. The van der Waals surface area contributed by atoms with Crippen molar-refractivity contribution in [2.45, 2.75) is 26.3 Å². The Morgan fingerprint density at radius 1 is 1.38 bits per heavy atom. The summed E-state index contributed by atoms with van der Waals surface area (Å²) in [5, 5.41) is 0. The average Bonchev–Trinajstić information content (AvgIpc) is 2.26. The minimum Gasteiger partial charge on any atom is -0.380 e. The molecule has 2 unspecified atom stereocenters. The van der Waals surface area contributed by atoms with E-state index in [9.17, 15) is 4.79 Å². The third-order valence-electron chi connectivity index (χ3n) is 3.05.